The topological polar surface area (TPSA) is 61.9 Å². The molecule has 0 spiro atoms. The second-order valence-electron chi connectivity index (χ2n) is 7.63. The van der Waals surface area contributed by atoms with Gasteiger partial charge in [0.05, 0.1) is 11.6 Å². The van der Waals surface area contributed by atoms with Crippen molar-refractivity contribution in [1.82, 2.24) is 9.80 Å². The number of nitrogens with one attached hydrogen (secondary N) is 1. The Labute approximate surface area is 160 Å². The normalized spacial score (nSPS) is 17.4. The molecule has 1 aliphatic rings. The van der Waals surface area contributed by atoms with Crippen LogP contribution in [0.3, 0.4) is 0 Å². The molecule has 1 aliphatic heterocycles. The van der Waals surface area contributed by atoms with Gasteiger partial charge in [0.1, 0.15) is 5.75 Å². The van der Waals surface area contributed by atoms with Gasteiger partial charge in [0.2, 0.25) is 5.91 Å². The Morgan fingerprint density at radius 3 is 2.65 bits per heavy atom. The van der Waals surface area contributed by atoms with Crippen LogP contribution in [0.5, 0.6) is 5.75 Å². The van der Waals surface area contributed by atoms with Gasteiger partial charge in [-0.05, 0) is 45.9 Å². The Morgan fingerprint density at radius 1 is 1.42 bits per heavy atom. The van der Waals surface area contributed by atoms with Crippen LogP contribution in [-0.4, -0.2) is 54.0 Å². The van der Waals surface area contributed by atoms with Crippen LogP contribution in [0, 0.1) is 5.92 Å². The monoisotopic (exact) mass is 381 g/mol. The molecule has 1 fully saturated rings. The van der Waals surface area contributed by atoms with Crippen molar-refractivity contribution >= 4 is 29.2 Å². The smallest absolute Gasteiger partial charge is 0.321 e. The summed E-state index contributed by atoms with van der Waals surface area (Å²) in [4.78, 5) is 28.1. The van der Waals surface area contributed by atoms with Gasteiger partial charge in [-0.1, -0.05) is 11.6 Å². The zero-order valence-electron chi connectivity index (χ0n) is 16.1. The van der Waals surface area contributed by atoms with Gasteiger partial charge in [0, 0.05) is 43.7 Å². The van der Waals surface area contributed by atoms with Crippen molar-refractivity contribution in [1.29, 1.82) is 0 Å². The van der Waals surface area contributed by atoms with Gasteiger partial charge in [0.15, 0.2) is 0 Å². The number of hydrogen-bond acceptors (Lipinski definition) is 3. The summed E-state index contributed by atoms with van der Waals surface area (Å²) in [5.74, 6) is 0.878. The van der Waals surface area contributed by atoms with Crippen molar-refractivity contribution in [2.24, 2.45) is 5.92 Å². The highest BCUT2D eigenvalue weighted by molar-refractivity contribution is 6.32. The van der Waals surface area contributed by atoms with E-state index in [0.29, 0.717) is 42.6 Å². The summed E-state index contributed by atoms with van der Waals surface area (Å²) in [6, 6.07) is 4.92. The first-order chi connectivity index (χ1) is 12.1. The Hall–Kier alpha value is -1.95. The van der Waals surface area contributed by atoms with Crippen molar-refractivity contribution in [3.05, 3.63) is 23.2 Å². The largest absolute Gasteiger partial charge is 0.492 e. The first-order valence-corrected chi connectivity index (χ1v) is 9.24. The summed E-state index contributed by atoms with van der Waals surface area (Å²) in [6.07, 6.45) is 0.476. The van der Waals surface area contributed by atoms with Gasteiger partial charge in [-0.2, -0.15) is 0 Å². The maximum atomic E-state index is 12.4. The molecular weight excluding hydrogens is 354 g/mol. The fourth-order valence-electron chi connectivity index (χ4n) is 3.09. The second kappa shape index (κ2) is 8.16. The van der Waals surface area contributed by atoms with Gasteiger partial charge in [-0.15, -0.1) is 0 Å². The number of likely N-dealkylation sites (tertiary alicyclic amines) is 1. The van der Waals surface area contributed by atoms with E-state index in [1.165, 1.54) is 0 Å². The van der Waals surface area contributed by atoms with E-state index in [1.807, 2.05) is 32.6 Å². The van der Waals surface area contributed by atoms with E-state index in [9.17, 15) is 9.59 Å². The molecule has 144 valence electrons. The summed E-state index contributed by atoms with van der Waals surface area (Å²) in [6.45, 7) is 9.69. The molecule has 0 radical (unpaired) electrons. The Kier molecular flexibility index (Phi) is 6.39. The molecule has 3 amide bonds. The zero-order valence-corrected chi connectivity index (χ0v) is 16.9. The van der Waals surface area contributed by atoms with E-state index < -0.39 is 0 Å². The van der Waals surface area contributed by atoms with Crippen LogP contribution in [-0.2, 0) is 4.79 Å². The van der Waals surface area contributed by atoms with E-state index >= 15 is 0 Å². The molecule has 0 unspecified atom stereocenters. The van der Waals surface area contributed by atoms with Crippen LogP contribution in [0.1, 0.15) is 34.1 Å². The number of anilines is 1. The molecule has 0 bridgehead atoms. The first-order valence-electron chi connectivity index (χ1n) is 8.86. The lowest BCUT2D eigenvalue weighted by Crippen LogP contribution is -2.43. The third kappa shape index (κ3) is 5.04. The lowest BCUT2D eigenvalue weighted by molar-refractivity contribution is -0.131. The first kappa shape index (κ1) is 20.4. The average Bonchev–Trinajstić information content (AvgIpc) is 2.90. The predicted molar refractivity (Wildman–Crippen MR) is 104 cm³/mol. The third-order valence-corrected chi connectivity index (χ3v) is 4.67. The summed E-state index contributed by atoms with van der Waals surface area (Å²) in [5.41, 5.74) is 0.417. The van der Waals surface area contributed by atoms with Crippen molar-refractivity contribution in [2.45, 2.75) is 39.7 Å². The second-order valence-corrected chi connectivity index (χ2v) is 8.04. The highest BCUT2D eigenvalue weighted by Gasteiger charge is 2.36. The van der Waals surface area contributed by atoms with Crippen LogP contribution < -0.4 is 10.1 Å². The van der Waals surface area contributed by atoms with Crippen molar-refractivity contribution in [3.8, 4) is 5.75 Å². The fourth-order valence-corrected chi connectivity index (χ4v) is 3.33. The van der Waals surface area contributed by atoms with E-state index in [1.54, 1.807) is 30.1 Å². The highest BCUT2D eigenvalue weighted by atomic mass is 35.5. The molecule has 6 nitrogen and oxygen atoms in total. The van der Waals surface area contributed by atoms with E-state index in [4.69, 9.17) is 16.3 Å². The van der Waals surface area contributed by atoms with Crippen LogP contribution in [0.25, 0.3) is 0 Å². The molecule has 1 N–H and O–H groups in total. The SMILES string of the molecule is CCOc1ccc(NC(=O)N(C)C[C@H]2CC(=O)N(C(C)(C)C)C2)cc1Cl. The number of ether oxygens (including phenoxy) is 1. The minimum Gasteiger partial charge on any atom is -0.492 e. The molecule has 1 aromatic rings. The molecule has 1 heterocycles. The Balaban J connectivity index is 1.92. The third-order valence-electron chi connectivity index (χ3n) is 4.38. The minimum absolute atomic E-state index is 0.140. The molecule has 1 saturated heterocycles. The number of benzene rings is 1. The Morgan fingerprint density at radius 2 is 2.12 bits per heavy atom. The lowest BCUT2D eigenvalue weighted by atomic mass is 10.1. The highest BCUT2D eigenvalue weighted by Crippen LogP contribution is 2.28. The zero-order chi connectivity index (χ0) is 19.5. The molecule has 0 saturated carbocycles. The lowest BCUT2D eigenvalue weighted by Gasteiger charge is -2.32. The maximum Gasteiger partial charge on any atom is 0.321 e. The number of urea groups is 1. The molecule has 2 rings (SSSR count). The number of amides is 3. The summed E-state index contributed by atoms with van der Waals surface area (Å²) >= 11 is 6.15. The van der Waals surface area contributed by atoms with Crippen LogP contribution in [0.2, 0.25) is 5.02 Å². The van der Waals surface area contributed by atoms with Gasteiger partial charge < -0.3 is 19.9 Å². The van der Waals surface area contributed by atoms with Crippen molar-refractivity contribution in [3.63, 3.8) is 0 Å². The molecule has 7 heteroatoms. The Bertz CT molecular complexity index is 672. The van der Waals surface area contributed by atoms with Gasteiger partial charge >= 0.3 is 6.03 Å². The molecule has 26 heavy (non-hydrogen) atoms. The number of rotatable bonds is 5. The quantitative estimate of drug-likeness (QED) is 0.842. The maximum absolute atomic E-state index is 12.4. The van der Waals surface area contributed by atoms with Crippen LogP contribution in [0.15, 0.2) is 18.2 Å². The van der Waals surface area contributed by atoms with E-state index in [2.05, 4.69) is 5.32 Å². The van der Waals surface area contributed by atoms with Gasteiger partial charge in [0.25, 0.3) is 0 Å². The van der Waals surface area contributed by atoms with Crippen LogP contribution in [0.4, 0.5) is 10.5 Å². The van der Waals surface area contributed by atoms with Crippen LogP contribution >= 0.6 is 11.6 Å². The van der Waals surface area contributed by atoms with Crippen molar-refractivity contribution in [2.75, 3.05) is 32.1 Å². The average molecular weight is 382 g/mol. The summed E-state index contributed by atoms with van der Waals surface area (Å²) in [5, 5.41) is 3.28. The number of carbonyl (C=O) groups excluding carboxylic acids is 2. The molecule has 1 aromatic carbocycles. The van der Waals surface area contributed by atoms with E-state index in [0.717, 1.165) is 0 Å². The number of halogens is 1. The van der Waals surface area contributed by atoms with Gasteiger partial charge in [-0.25, -0.2) is 4.79 Å². The molecule has 0 aromatic heterocycles. The van der Waals surface area contributed by atoms with E-state index in [-0.39, 0.29) is 23.4 Å². The predicted octanol–water partition coefficient (Wildman–Crippen LogP) is 3.85. The number of carbonyl (C=O) groups is 2. The summed E-state index contributed by atoms with van der Waals surface area (Å²) in [7, 11) is 1.73. The van der Waals surface area contributed by atoms with Gasteiger partial charge in [-0.3, -0.25) is 4.79 Å². The summed E-state index contributed by atoms with van der Waals surface area (Å²) < 4.78 is 5.39. The van der Waals surface area contributed by atoms with Crippen molar-refractivity contribution < 1.29 is 14.3 Å². The number of hydrogen-bond donors (Lipinski definition) is 1. The molecule has 0 aliphatic carbocycles. The fraction of sp³-hybridized carbons (Fsp3) is 0.579. The number of nitrogens with zero attached hydrogens (tertiary/aromatic N) is 2. The standard InChI is InChI=1S/C19H28ClN3O3/c1-6-26-16-8-7-14(10-15(16)20)21-18(25)22(5)11-13-9-17(24)23(12-13)19(2,3)4/h7-8,10,13H,6,9,11-12H2,1-5H3,(H,21,25)/t13-/m1/s1. The molecule has 1 atom stereocenters. The minimum atomic E-state index is -0.230. The molecular formula is C19H28ClN3O3.